The molecule has 0 N–H and O–H groups in total. The van der Waals surface area contributed by atoms with E-state index in [4.69, 9.17) is 4.74 Å². The molecule has 7 heteroatoms. The summed E-state index contributed by atoms with van der Waals surface area (Å²) in [6.45, 7) is 0. The monoisotopic (exact) mass is 244 g/mol. The third-order valence-corrected chi connectivity index (χ3v) is 3.90. The molecule has 1 unspecified atom stereocenters. The van der Waals surface area contributed by atoms with E-state index >= 15 is 0 Å². The number of hydrogen-bond acceptors (Lipinski definition) is 5. The van der Waals surface area contributed by atoms with Crippen molar-refractivity contribution in [3.05, 3.63) is 28.3 Å². The van der Waals surface area contributed by atoms with Gasteiger partial charge in [-0.15, -0.1) is 0 Å². The van der Waals surface area contributed by atoms with Crippen LogP contribution in [0.4, 0.5) is 5.69 Å². The maximum Gasteiger partial charge on any atom is 0.274 e. The molecule has 0 aliphatic rings. The number of methoxy groups -OCH3 is 1. The second-order valence-electron chi connectivity index (χ2n) is 3.11. The SMILES string of the molecule is CN=S(C)(=O)c1cc(OC)cc([N+](=O)[O-])c1. The molecule has 0 heterocycles. The van der Waals surface area contributed by atoms with Crippen LogP contribution in [0.1, 0.15) is 0 Å². The molecule has 0 radical (unpaired) electrons. The number of benzene rings is 1. The Morgan fingerprint density at radius 1 is 1.44 bits per heavy atom. The summed E-state index contributed by atoms with van der Waals surface area (Å²) in [5.41, 5.74) is -0.160. The summed E-state index contributed by atoms with van der Waals surface area (Å²) < 4.78 is 20.6. The first-order valence-electron chi connectivity index (χ1n) is 4.34. The summed E-state index contributed by atoms with van der Waals surface area (Å²) >= 11 is 0. The van der Waals surface area contributed by atoms with E-state index in [-0.39, 0.29) is 5.69 Å². The van der Waals surface area contributed by atoms with Crippen LogP contribution in [-0.4, -0.2) is 29.5 Å². The van der Waals surface area contributed by atoms with Crippen molar-refractivity contribution >= 4 is 15.4 Å². The zero-order chi connectivity index (χ0) is 12.3. The first-order chi connectivity index (χ1) is 7.40. The van der Waals surface area contributed by atoms with E-state index in [2.05, 4.69) is 4.36 Å². The van der Waals surface area contributed by atoms with Gasteiger partial charge in [0.2, 0.25) is 0 Å². The van der Waals surface area contributed by atoms with Gasteiger partial charge in [-0.1, -0.05) is 0 Å². The second kappa shape index (κ2) is 4.48. The number of rotatable bonds is 3. The van der Waals surface area contributed by atoms with Gasteiger partial charge in [0.1, 0.15) is 5.75 Å². The fourth-order valence-electron chi connectivity index (χ4n) is 1.10. The summed E-state index contributed by atoms with van der Waals surface area (Å²) in [4.78, 5) is 10.4. The van der Waals surface area contributed by atoms with Gasteiger partial charge in [-0.3, -0.25) is 10.1 Å². The minimum absolute atomic E-state index is 0.160. The first-order valence-corrected chi connectivity index (χ1v) is 6.27. The Morgan fingerprint density at radius 3 is 2.50 bits per heavy atom. The topological polar surface area (TPSA) is 81.8 Å². The van der Waals surface area contributed by atoms with Crippen LogP contribution < -0.4 is 4.74 Å². The van der Waals surface area contributed by atoms with Gasteiger partial charge in [0.25, 0.3) is 5.69 Å². The lowest BCUT2D eigenvalue weighted by Gasteiger charge is -2.06. The molecule has 0 aliphatic carbocycles. The molecule has 0 saturated carbocycles. The molecule has 0 fully saturated rings. The molecule has 0 saturated heterocycles. The molecule has 0 spiro atoms. The van der Waals surface area contributed by atoms with Crippen molar-refractivity contribution in [1.29, 1.82) is 0 Å². The molecular formula is C9H12N2O4S. The van der Waals surface area contributed by atoms with Gasteiger partial charge < -0.3 is 4.74 Å². The highest BCUT2D eigenvalue weighted by Crippen LogP contribution is 2.25. The molecule has 16 heavy (non-hydrogen) atoms. The fraction of sp³-hybridized carbons (Fsp3) is 0.333. The summed E-state index contributed by atoms with van der Waals surface area (Å²) in [5.74, 6) is 0.294. The second-order valence-corrected chi connectivity index (χ2v) is 5.55. The standard InChI is InChI=1S/C9H12N2O4S/c1-10-16(3,14)9-5-7(11(12)13)4-8(6-9)15-2/h4-6H,1-3H3. The largest absolute Gasteiger partial charge is 0.496 e. The zero-order valence-electron chi connectivity index (χ0n) is 9.17. The molecular weight excluding hydrogens is 232 g/mol. The number of non-ortho nitro benzene ring substituents is 1. The molecule has 6 nitrogen and oxygen atoms in total. The number of nitro benzene ring substituents is 1. The van der Waals surface area contributed by atoms with E-state index in [1.165, 1.54) is 38.6 Å². The smallest absolute Gasteiger partial charge is 0.274 e. The highest BCUT2D eigenvalue weighted by Gasteiger charge is 2.14. The Kier molecular flexibility index (Phi) is 3.48. The van der Waals surface area contributed by atoms with Gasteiger partial charge in [0.05, 0.1) is 32.7 Å². The van der Waals surface area contributed by atoms with E-state index < -0.39 is 14.7 Å². The van der Waals surface area contributed by atoms with Crippen molar-refractivity contribution in [2.24, 2.45) is 4.36 Å². The quantitative estimate of drug-likeness (QED) is 0.598. The summed E-state index contributed by atoms with van der Waals surface area (Å²) in [6, 6.07) is 4.01. The van der Waals surface area contributed by atoms with E-state index in [0.29, 0.717) is 10.6 Å². The third kappa shape index (κ3) is 2.48. The Balaban J connectivity index is 3.48. The number of ether oxygens (including phenoxy) is 1. The van der Waals surface area contributed by atoms with Gasteiger partial charge >= 0.3 is 0 Å². The van der Waals surface area contributed by atoms with Crippen molar-refractivity contribution in [2.75, 3.05) is 20.4 Å². The maximum atomic E-state index is 12.0. The van der Waals surface area contributed by atoms with Crippen LogP contribution in [0.25, 0.3) is 0 Å². The van der Waals surface area contributed by atoms with Gasteiger partial charge in [0, 0.05) is 19.4 Å². The number of nitro groups is 1. The van der Waals surface area contributed by atoms with E-state index in [0.717, 1.165) is 0 Å². The van der Waals surface area contributed by atoms with Crippen LogP contribution >= 0.6 is 0 Å². The molecule has 0 amide bonds. The zero-order valence-corrected chi connectivity index (χ0v) is 9.98. The number of nitrogens with zero attached hydrogens (tertiary/aromatic N) is 2. The average Bonchev–Trinajstić information content (AvgIpc) is 2.28. The van der Waals surface area contributed by atoms with E-state index in [1.807, 2.05) is 0 Å². The molecule has 1 atom stereocenters. The van der Waals surface area contributed by atoms with Gasteiger partial charge in [-0.25, -0.2) is 8.57 Å². The average molecular weight is 244 g/mol. The molecule has 0 aromatic heterocycles. The normalized spacial score (nSPS) is 13.9. The van der Waals surface area contributed by atoms with Crippen LogP contribution in [0.3, 0.4) is 0 Å². The highest BCUT2D eigenvalue weighted by molar-refractivity contribution is 7.93. The van der Waals surface area contributed by atoms with Crippen molar-refractivity contribution in [1.82, 2.24) is 0 Å². The van der Waals surface area contributed by atoms with Crippen LogP contribution in [-0.2, 0) is 9.73 Å². The lowest BCUT2D eigenvalue weighted by atomic mass is 10.3. The summed E-state index contributed by atoms with van der Waals surface area (Å²) in [5, 5.41) is 10.7. The third-order valence-electron chi connectivity index (χ3n) is 2.10. The van der Waals surface area contributed by atoms with Crippen LogP contribution in [0.5, 0.6) is 5.75 Å². The Morgan fingerprint density at radius 2 is 2.06 bits per heavy atom. The summed E-state index contributed by atoms with van der Waals surface area (Å²) in [7, 11) is 0.206. The molecule has 0 bridgehead atoms. The Labute approximate surface area is 93.6 Å². The molecule has 1 aromatic carbocycles. The minimum atomic E-state index is -2.60. The molecule has 0 aliphatic heterocycles. The highest BCUT2D eigenvalue weighted by atomic mass is 32.2. The fourth-order valence-corrected chi connectivity index (χ4v) is 1.99. The Bertz CT molecular complexity index is 532. The van der Waals surface area contributed by atoms with Crippen molar-refractivity contribution < 1.29 is 13.9 Å². The van der Waals surface area contributed by atoms with Gasteiger partial charge in [-0.2, -0.15) is 0 Å². The van der Waals surface area contributed by atoms with Gasteiger partial charge in [0.15, 0.2) is 0 Å². The van der Waals surface area contributed by atoms with Crippen LogP contribution in [0, 0.1) is 10.1 Å². The lowest BCUT2D eigenvalue weighted by Crippen LogP contribution is -2.00. The minimum Gasteiger partial charge on any atom is -0.496 e. The molecule has 1 rings (SSSR count). The molecule has 1 aromatic rings. The van der Waals surface area contributed by atoms with Crippen LogP contribution in [0.15, 0.2) is 27.5 Å². The predicted octanol–water partition coefficient (Wildman–Crippen LogP) is 1.69. The van der Waals surface area contributed by atoms with Crippen molar-refractivity contribution in [3.8, 4) is 5.75 Å². The van der Waals surface area contributed by atoms with E-state index in [1.54, 1.807) is 0 Å². The summed E-state index contributed by atoms with van der Waals surface area (Å²) in [6.07, 6.45) is 1.42. The Hall–Kier alpha value is -1.63. The van der Waals surface area contributed by atoms with Crippen molar-refractivity contribution in [3.63, 3.8) is 0 Å². The predicted molar refractivity (Wildman–Crippen MR) is 60.3 cm³/mol. The lowest BCUT2D eigenvalue weighted by molar-refractivity contribution is -0.385. The van der Waals surface area contributed by atoms with Crippen LogP contribution in [0.2, 0.25) is 0 Å². The van der Waals surface area contributed by atoms with Crippen molar-refractivity contribution in [2.45, 2.75) is 4.90 Å². The first kappa shape index (κ1) is 12.4. The van der Waals surface area contributed by atoms with Gasteiger partial charge in [-0.05, 0) is 6.07 Å². The van der Waals surface area contributed by atoms with E-state index in [9.17, 15) is 14.3 Å². The maximum absolute atomic E-state index is 12.0. The molecule has 88 valence electrons. The number of hydrogen-bond donors (Lipinski definition) is 0.